The molecule has 0 bridgehead atoms. The zero-order valence-corrected chi connectivity index (χ0v) is 14.9. The highest BCUT2D eigenvalue weighted by molar-refractivity contribution is 8.02. The lowest BCUT2D eigenvalue weighted by molar-refractivity contribution is -0.136. The van der Waals surface area contributed by atoms with Gasteiger partial charge in [0, 0.05) is 12.1 Å². The van der Waals surface area contributed by atoms with E-state index in [1.54, 1.807) is 23.1 Å². The maximum atomic E-state index is 12.8. The normalized spacial score (nSPS) is 23.7. The number of hydrogen-bond acceptors (Lipinski definition) is 4. The predicted octanol–water partition coefficient (Wildman–Crippen LogP) is 4.57. The predicted molar refractivity (Wildman–Crippen MR) is 94.6 cm³/mol. The lowest BCUT2D eigenvalue weighted by Gasteiger charge is -2.40. The summed E-state index contributed by atoms with van der Waals surface area (Å²) in [4.78, 5) is 19.5. The topological polar surface area (TPSA) is 33.2 Å². The minimum atomic E-state index is -0.0800. The summed E-state index contributed by atoms with van der Waals surface area (Å²) in [6, 6.07) is 8.85. The Balaban J connectivity index is 1.72. The molecule has 1 aromatic carbocycles. The molecule has 2 heterocycles. The van der Waals surface area contributed by atoms with Crippen molar-refractivity contribution in [1.29, 1.82) is 0 Å². The molecule has 5 heteroatoms. The Bertz CT molecular complexity index is 626. The molecule has 0 unspecified atom stereocenters. The maximum Gasteiger partial charge on any atom is 0.236 e. The van der Waals surface area contributed by atoms with Crippen LogP contribution in [0.15, 0.2) is 28.6 Å². The number of piperidine rings is 1. The van der Waals surface area contributed by atoms with E-state index in [1.807, 2.05) is 25.1 Å². The number of hydrogen-bond donors (Lipinski definition) is 0. The Morgan fingerprint density at radius 3 is 2.68 bits per heavy atom. The molecule has 0 N–H and O–H groups in total. The molecule has 1 amide bonds. The summed E-state index contributed by atoms with van der Waals surface area (Å²) in [6.07, 6.45) is 3.47. The minimum absolute atomic E-state index is 0.0800. The molecule has 22 heavy (non-hydrogen) atoms. The average molecular weight is 335 g/mol. The number of thiazole rings is 1. The van der Waals surface area contributed by atoms with E-state index in [9.17, 15) is 4.79 Å². The fourth-order valence-corrected chi connectivity index (χ4v) is 5.44. The molecule has 1 aliphatic heterocycles. The van der Waals surface area contributed by atoms with Crippen LogP contribution in [0.5, 0.6) is 0 Å². The molecule has 3 atom stereocenters. The van der Waals surface area contributed by atoms with E-state index in [0.717, 1.165) is 22.7 Å². The highest BCUT2D eigenvalue weighted by atomic mass is 32.2. The van der Waals surface area contributed by atoms with Crippen molar-refractivity contribution in [3.63, 3.8) is 0 Å². The van der Waals surface area contributed by atoms with E-state index < -0.39 is 0 Å². The highest BCUT2D eigenvalue weighted by Gasteiger charge is 2.32. The smallest absolute Gasteiger partial charge is 0.236 e. The van der Waals surface area contributed by atoms with Gasteiger partial charge in [0.15, 0.2) is 4.34 Å². The monoisotopic (exact) mass is 334 g/mol. The number of thioether (sulfide) groups is 1. The number of para-hydroxylation sites is 1. The molecule has 1 aliphatic rings. The van der Waals surface area contributed by atoms with Crippen molar-refractivity contribution < 1.29 is 4.79 Å². The van der Waals surface area contributed by atoms with Crippen LogP contribution in [-0.4, -0.2) is 33.1 Å². The third-order valence-corrected chi connectivity index (χ3v) is 6.57. The van der Waals surface area contributed by atoms with Crippen molar-refractivity contribution in [3.05, 3.63) is 24.3 Å². The minimum Gasteiger partial charge on any atom is -0.336 e. The highest BCUT2D eigenvalue weighted by Crippen LogP contribution is 2.34. The van der Waals surface area contributed by atoms with Gasteiger partial charge in [0.25, 0.3) is 0 Å². The first-order valence-electron chi connectivity index (χ1n) is 7.90. The van der Waals surface area contributed by atoms with Crippen LogP contribution in [0.2, 0.25) is 0 Å². The van der Waals surface area contributed by atoms with E-state index >= 15 is 0 Å². The second kappa shape index (κ2) is 6.59. The van der Waals surface area contributed by atoms with Gasteiger partial charge in [0.1, 0.15) is 0 Å². The van der Waals surface area contributed by atoms with Crippen molar-refractivity contribution in [2.45, 2.75) is 61.7 Å². The van der Waals surface area contributed by atoms with Gasteiger partial charge in [-0.3, -0.25) is 4.79 Å². The van der Waals surface area contributed by atoms with Crippen LogP contribution in [0.25, 0.3) is 10.2 Å². The van der Waals surface area contributed by atoms with Crippen molar-refractivity contribution in [1.82, 2.24) is 9.88 Å². The fraction of sp³-hybridized carbons (Fsp3) is 0.529. The molecule has 118 valence electrons. The third kappa shape index (κ3) is 3.15. The summed E-state index contributed by atoms with van der Waals surface area (Å²) in [5, 5.41) is -0.0800. The number of amides is 1. The van der Waals surface area contributed by atoms with Crippen LogP contribution < -0.4 is 0 Å². The molecular weight excluding hydrogens is 312 g/mol. The Morgan fingerprint density at radius 2 is 2.00 bits per heavy atom. The molecule has 1 fully saturated rings. The van der Waals surface area contributed by atoms with Crippen LogP contribution in [-0.2, 0) is 4.79 Å². The van der Waals surface area contributed by atoms with Gasteiger partial charge >= 0.3 is 0 Å². The largest absolute Gasteiger partial charge is 0.336 e. The number of carbonyl (C=O) groups excluding carboxylic acids is 1. The standard InChI is InChI=1S/C17H22N2OS2/c1-11-7-6-8-12(2)19(11)16(20)13(3)21-17-18-14-9-4-5-10-15(14)22-17/h4-5,9-13H,6-8H2,1-3H3/t11-,12+,13-/m1/s1. The SMILES string of the molecule is C[C@@H]1CCC[C@H](C)N1C(=O)[C@@H](C)Sc1nc2ccccc2s1. The molecule has 0 aliphatic carbocycles. The summed E-state index contributed by atoms with van der Waals surface area (Å²) < 4.78 is 2.17. The van der Waals surface area contributed by atoms with Crippen molar-refractivity contribution in [3.8, 4) is 0 Å². The molecule has 0 radical (unpaired) electrons. The first-order valence-corrected chi connectivity index (χ1v) is 9.60. The van der Waals surface area contributed by atoms with Crippen LogP contribution >= 0.6 is 23.1 Å². The quantitative estimate of drug-likeness (QED) is 0.771. The molecular formula is C17H22N2OS2. The molecule has 3 nitrogen and oxygen atoms in total. The molecule has 1 aromatic heterocycles. The van der Waals surface area contributed by atoms with E-state index in [1.165, 1.54) is 11.1 Å². The summed E-state index contributed by atoms with van der Waals surface area (Å²) >= 11 is 3.26. The fourth-order valence-electron chi connectivity index (χ4n) is 3.17. The Hall–Kier alpha value is -1.07. The molecule has 0 saturated carbocycles. The Morgan fingerprint density at radius 1 is 1.32 bits per heavy atom. The first kappa shape index (κ1) is 15.8. The second-order valence-electron chi connectivity index (χ2n) is 6.08. The lowest BCUT2D eigenvalue weighted by atomic mass is 9.97. The zero-order chi connectivity index (χ0) is 15.7. The van der Waals surface area contributed by atoms with Crippen molar-refractivity contribution in [2.24, 2.45) is 0 Å². The van der Waals surface area contributed by atoms with Crippen LogP contribution in [0.3, 0.4) is 0 Å². The van der Waals surface area contributed by atoms with Crippen molar-refractivity contribution in [2.75, 3.05) is 0 Å². The van der Waals surface area contributed by atoms with Gasteiger partial charge in [0.05, 0.1) is 15.5 Å². The number of fused-ring (bicyclic) bond motifs is 1. The van der Waals surface area contributed by atoms with E-state index in [2.05, 4.69) is 29.8 Å². The summed E-state index contributed by atoms with van der Waals surface area (Å²) in [5.74, 6) is 0.254. The second-order valence-corrected chi connectivity index (χ2v) is 8.70. The number of likely N-dealkylation sites (tertiary alicyclic amines) is 1. The van der Waals surface area contributed by atoms with Gasteiger partial charge in [-0.15, -0.1) is 11.3 Å². The van der Waals surface area contributed by atoms with E-state index in [4.69, 9.17) is 0 Å². The van der Waals surface area contributed by atoms with Gasteiger partial charge in [-0.1, -0.05) is 23.9 Å². The molecule has 0 spiro atoms. The average Bonchev–Trinajstić information content (AvgIpc) is 2.89. The zero-order valence-electron chi connectivity index (χ0n) is 13.3. The van der Waals surface area contributed by atoms with Gasteiger partial charge in [-0.25, -0.2) is 4.98 Å². The van der Waals surface area contributed by atoms with Gasteiger partial charge in [0.2, 0.25) is 5.91 Å². The van der Waals surface area contributed by atoms with Crippen LogP contribution in [0.1, 0.15) is 40.0 Å². The number of benzene rings is 1. The molecule has 2 aromatic rings. The lowest BCUT2D eigenvalue weighted by Crippen LogP contribution is -2.50. The number of nitrogens with zero attached hydrogens (tertiary/aromatic N) is 2. The summed E-state index contributed by atoms with van der Waals surface area (Å²) in [5.41, 5.74) is 1.02. The third-order valence-electron chi connectivity index (χ3n) is 4.35. The number of carbonyl (C=O) groups is 1. The van der Waals surface area contributed by atoms with Crippen LogP contribution in [0, 0.1) is 0 Å². The summed E-state index contributed by atoms with van der Waals surface area (Å²) in [6.45, 7) is 6.35. The van der Waals surface area contributed by atoms with Crippen molar-refractivity contribution >= 4 is 39.2 Å². The number of aromatic nitrogens is 1. The van der Waals surface area contributed by atoms with Gasteiger partial charge in [-0.05, 0) is 52.2 Å². The maximum absolute atomic E-state index is 12.8. The van der Waals surface area contributed by atoms with E-state index in [0.29, 0.717) is 12.1 Å². The Kier molecular flexibility index (Phi) is 4.73. The van der Waals surface area contributed by atoms with E-state index in [-0.39, 0.29) is 11.2 Å². The van der Waals surface area contributed by atoms with Crippen LogP contribution in [0.4, 0.5) is 0 Å². The van der Waals surface area contributed by atoms with Gasteiger partial charge in [-0.2, -0.15) is 0 Å². The van der Waals surface area contributed by atoms with Gasteiger partial charge < -0.3 is 4.90 Å². The summed E-state index contributed by atoms with van der Waals surface area (Å²) in [7, 11) is 0. The first-order chi connectivity index (χ1) is 10.6. The molecule has 3 rings (SSSR count). The number of rotatable bonds is 3. The Labute approximate surface area is 140 Å². The molecule has 1 saturated heterocycles.